The number of aromatic nitrogens is 1. The maximum absolute atomic E-state index is 13.5. The number of carbonyl (C=O) groups excluding carboxylic acids is 3. The molecule has 220 valence electrons. The normalized spacial score (nSPS) is 35.5. The molecule has 0 aromatic carbocycles. The summed E-state index contributed by atoms with van der Waals surface area (Å²) in [7, 11) is 1.26. The van der Waals surface area contributed by atoms with E-state index in [1.807, 2.05) is 6.92 Å². The summed E-state index contributed by atoms with van der Waals surface area (Å²) in [5.41, 5.74) is -3.77. The first-order valence-corrected chi connectivity index (χ1v) is 13.7. The van der Waals surface area contributed by atoms with Crippen molar-refractivity contribution in [3.8, 4) is 17.1 Å². The van der Waals surface area contributed by atoms with Crippen molar-refractivity contribution in [1.29, 1.82) is 0 Å². The van der Waals surface area contributed by atoms with Gasteiger partial charge in [0, 0.05) is 43.8 Å². The quantitative estimate of drug-likeness (QED) is 0.426. The third-order valence-electron chi connectivity index (χ3n) is 9.63. The van der Waals surface area contributed by atoms with E-state index in [-0.39, 0.29) is 23.5 Å². The van der Waals surface area contributed by atoms with Gasteiger partial charge >= 0.3 is 23.5 Å². The number of hydrogen-bond acceptors (Lipinski definition) is 11. The van der Waals surface area contributed by atoms with Gasteiger partial charge in [0.15, 0.2) is 0 Å². The number of esters is 3. The Morgan fingerprint density at radius 2 is 1.78 bits per heavy atom. The Hall–Kier alpha value is -3.73. The van der Waals surface area contributed by atoms with E-state index in [0.717, 1.165) is 0 Å². The lowest BCUT2D eigenvalue weighted by molar-refractivity contribution is -0.266. The van der Waals surface area contributed by atoms with Gasteiger partial charge in [0.2, 0.25) is 0 Å². The summed E-state index contributed by atoms with van der Waals surface area (Å²) in [6.45, 7) is 7.92. The van der Waals surface area contributed by atoms with Crippen molar-refractivity contribution in [1.82, 2.24) is 4.98 Å². The zero-order valence-electron chi connectivity index (χ0n) is 24.0. The Morgan fingerprint density at radius 1 is 1.10 bits per heavy atom. The Balaban J connectivity index is 1.69. The molecule has 1 N–H and O–H groups in total. The van der Waals surface area contributed by atoms with Crippen molar-refractivity contribution < 1.29 is 42.9 Å². The van der Waals surface area contributed by atoms with Crippen molar-refractivity contribution in [2.45, 2.75) is 77.8 Å². The van der Waals surface area contributed by atoms with Crippen molar-refractivity contribution in [3.63, 3.8) is 0 Å². The molecule has 2 aromatic heterocycles. The second-order valence-electron chi connectivity index (χ2n) is 11.9. The zero-order valence-corrected chi connectivity index (χ0v) is 24.0. The predicted octanol–water partition coefficient (Wildman–Crippen LogP) is 3.37. The summed E-state index contributed by atoms with van der Waals surface area (Å²) in [4.78, 5) is 55.3. The first kappa shape index (κ1) is 28.8. The standard InChI is InChI=1S/C30H35NO10/c1-15(32)38-21-9-10-28(3)20(29(21,4)27(36)37-6)13-22(39-16(2)33)30(5)25(28)24(34)23-19(41-30)12-18(40-26(23)35)17-8-7-11-31-14-17/h7-8,11-12,14,20-22,24-25,34H,9-10,13H2,1-6H3/t20-,21+,22+,24+,25-,28+,29-,30-/m1/s1. The van der Waals surface area contributed by atoms with E-state index in [9.17, 15) is 24.3 Å². The zero-order chi connectivity index (χ0) is 29.9. The van der Waals surface area contributed by atoms with Gasteiger partial charge in [-0.1, -0.05) is 6.92 Å². The van der Waals surface area contributed by atoms with Crippen LogP contribution in [0.1, 0.15) is 65.5 Å². The van der Waals surface area contributed by atoms with Gasteiger partial charge in [0.05, 0.1) is 13.2 Å². The molecule has 3 aliphatic rings. The van der Waals surface area contributed by atoms with Crippen molar-refractivity contribution in [2.24, 2.45) is 22.7 Å². The van der Waals surface area contributed by atoms with E-state index < -0.39 is 70.1 Å². The first-order chi connectivity index (χ1) is 19.3. The van der Waals surface area contributed by atoms with E-state index in [0.29, 0.717) is 18.4 Å². The van der Waals surface area contributed by atoms with Crippen LogP contribution in [-0.4, -0.2) is 52.9 Å². The summed E-state index contributed by atoms with van der Waals surface area (Å²) in [6.07, 6.45) is 0.881. The van der Waals surface area contributed by atoms with Crippen molar-refractivity contribution in [2.75, 3.05) is 7.11 Å². The molecule has 0 spiro atoms. The highest BCUT2D eigenvalue weighted by molar-refractivity contribution is 5.79. The Bertz CT molecular complexity index is 1440. The highest BCUT2D eigenvalue weighted by atomic mass is 16.6. The van der Waals surface area contributed by atoms with E-state index in [4.69, 9.17) is 23.4 Å². The molecule has 5 rings (SSSR count). The summed E-state index contributed by atoms with van der Waals surface area (Å²) in [5, 5.41) is 12.0. The van der Waals surface area contributed by atoms with Gasteiger partial charge in [-0.15, -0.1) is 0 Å². The van der Waals surface area contributed by atoms with Gasteiger partial charge in [0.1, 0.15) is 40.3 Å². The molecule has 11 nitrogen and oxygen atoms in total. The number of carbonyl (C=O) groups is 3. The number of ether oxygens (including phenoxy) is 4. The molecule has 41 heavy (non-hydrogen) atoms. The fourth-order valence-electron chi connectivity index (χ4n) is 7.95. The predicted molar refractivity (Wildman–Crippen MR) is 142 cm³/mol. The van der Waals surface area contributed by atoms with Gasteiger partial charge in [-0.2, -0.15) is 0 Å². The van der Waals surface area contributed by atoms with Crippen LogP contribution in [0.4, 0.5) is 0 Å². The van der Waals surface area contributed by atoms with Gasteiger partial charge in [0.25, 0.3) is 0 Å². The molecule has 3 heterocycles. The molecule has 2 fully saturated rings. The highest BCUT2D eigenvalue weighted by Gasteiger charge is 2.72. The van der Waals surface area contributed by atoms with Crippen LogP contribution in [-0.2, 0) is 28.6 Å². The lowest BCUT2D eigenvalue weighted by Gasteiger charge is -2.65. The Labute approximate surface area is 237 Å². The maximum Gasteiger partial charge on any atom is 0.345 e. The van der Waals surface area contributed by atoms with E-state index >= 15 is 0 Å². The molecule has 0 amide bonds. The fourth-order valence-corrected chi connectivity index (χ4v) is 7.95. The number of pyridine rings is 1. The van der Waals surface area contributed by atoms with E-state index in [1.165, 1.54) is 33.2 Å². The molecule has 2 aliphatic carbocycles. The average Bonchev–Trinajstić information content (AvgIpc) is 2.90. The molecule has 1 aliphatic heterocycles. The minimum absolute atomic E-state index is 0.0505. The summed E-state index contributed by atoms with van der Waals surface area (Å²) in [5.74, 6) is -2.78. The molecule has 0 unspecified atom stereocenters. The minimum Gasteiger partial charge on any atom is -0.482 e. The molecule has 11 heteroatoms. The SMILES string of the molecule is COC(=O)[C@@]1(C)[C@@H](OC(C)=O)CC[C@]2(C)[C@H]3[C@@H](O)c4c(cc(-c5cccnc5)oc4=O)O[C@]3(C)[C@@H](OC(C)=O)C[C@H]21. The van der Waals surface area contributed by atoms with E-state index in [1.54, 1.807) is 32.2 Å². The second-order valence-corrected chi connectivity index (χ2v) is 11.9. The number of hydrogen-bond donors (Lipinski definition) is 1. The summed E-state index contributed by atoms with van der Waals surface area (Å²) in [6, 6.07) is 4.96. The molecule has 0 saturated heterocycles. The molecule has 2 aromatic rings. The lowest BCUT2D eigenvalue weighted by Crippen LogP contribution is -2.72. The Morgan fingerprint density at radius 3 is 2.39 bits per heavy atom. The molecule has 0 radical (unpaired) electrons. The van der Waals surface area contributed by atoms with Crippen LogP contribution in [0.5, 0.6) is 5.75 Å². The van der Waals surface area contributed by atoms with Crippen LogP contribution < -0.4 is 10.4 Å². The highest BCUT2D eigenvalue weighted by Crippen LogP contribution is 2.67. The number of methoxy groups -OCH3 is 1. The van der Waals surface area contributed by atoms with Gasteiger partial charge in [-0.3, -0.25) is 19.4 Å². The molecule has 0 bridgehead atoms. The Kier molecular flexibility index (Phi) is 7.00. The van der Waals surface area contributed by atoms with Crippen LogP contribution >= 0.6 is 0 Å². The fraction of sp³-hybridized carbons (Fsp3) is 0.567. The van der Waals surface area contributed by atoms with Gasteiger partial charge in [-0.25, -0.2) is 4.79 Å². The number of fused-ring (bicyclic) bond motifs is 4. The number of rotatable bonds is 4. The van der Waals surface area contributed by atoms with Crippen LogP contribution in [0.25, 0.3) is 11.3 Å². The van der Waals surface area contributed by atoms with Crippen LogP contribution in [0.15, 0.2) is 39.8 Å². The molecule has 2 saturated carbocycles. The molecule has 8 atom stereocenters. The largest absolute Gasteiger partial charge is 0.482 e. The number of nitrogens with zero attached hydrogens (tertiary/aromatic N) is 1. The van der Waals surface area contributed by atoms with Gasteiger partial charge in [-0.05, 0) is 56.6 Å². The van der Waals surface area contributed by atoms with Crippen LogP contribution in [0.2, 0.25) is 0 Å². The summed E-state index contributed by atoms with van der Waals surface area (Å²) >= 11 is 0. The van der Waals surface area contributed by atoms with Crippen molar-refractivity contribution >= 4 is 17.9 Å². The topological polar surface area (TPSA) is 151 Å². The number of aliphatic hydroxyl groups excluding tert-OH is 1. The van der Waals surface area contributed by atoms with Crippen LogP contribution in [0, 0.1) is 22.7 Å². The average molecular weight is 570 g/mol. The third-order valence-corrected chi connectivity index (χ3v) is 9.63. The van der Waals surface area contributed by atoms with Crippen LogP contribution in [0.3, 0.4) is 0 Å². The molecular formula is C30H35NO10. The smallest absolute Gasteiger partial charge is 0.345 e. The second kappa shape index (κ2) is 9.97. The van der Waals surface area contributed by atoms with E-state index in [2.05, 4.69) is 4.98 Å². The van der Waals surface area contributed by atoms with Gasteiger partial charge < -0.3 is 28.5 Å². The maximum atomic E-state index is 13.5. The lowest BCUT2D eigenvalue weighted by atomic mass is 9.42. The number of aliphatic hydroxyl groups is 1. The monoisotopic (exact) mass is 569 g/mol. The first-order valence-electron chi connectivity index (χ1n) is 13.7. The summed E-state index contributed by atoms with van der Waals surface area (Å²) < 4.78 is 28.9. The third kappa shape index (κ3) is 4.32. The van der Waals surface area contributed by atoms with Crippen molar-refractivity contribution in [3.05, 3.63) is 46.6 Å². The molecular weight excluding hydrogens is 534 g/mol. The minimum atomic E-state index is -1.39.